The molecule has 1 aromatic carbocycles. The number of hydrogen-bond donors (Lipinski definition) is 1. The molecule has 3 heterocycles. The van der Waals surface area contributed by atoms with Crippen molar-refractivity contribution >= 4 is 39.1 Å². The van der Waals surface area contributed by atoms with E-state index in [0.29, 0.717) is 12.2 Å². The second kappa shape index (κ2) is 7.27. The first-order valence-corrected chi connectivity index (χ1v) is 11.6. The number of nitrogens with one attached hydrogen (secondary N) is 1. The van der Waals surface area contributed by atoms with Crippen LogP contribution in [0.15, 0.2) is 41.8 Å². The lowest BCUT2D eigenvalue weighted by Crippen LogP contribution is -2.65. The molecule has 0 spiro atoms. The minimum absolute atomic E-state index is 0.0601. The maximum atomic E-state index is 13.8. The number of aryl methyl sites for hydroxylation is 1. The van der Waals surface area contributed by atoms with Crippen molar-refractivity contribution in [3.8, 4) is 0 Å². The van der Waals surface area contributed by atoms with E-state index in [1.54, 1.807) is 16.2 Å². The Bertz CT molecular complexity index is 1120. The first-order valence-electron chi connectivity index (χ1n) is 10.8. The molecule has 5 rings (SSSR count). The van der Waals surface area contributed by atoms with Gasteiger partial charge in [-0.3, -0.25) is 14.5 Å². The van der Waals surface area contributed by atoms with Gasteiger partial charge in [0, 0.05) is 17.1 Å². The zero-order valence-electron chi connectivity index (χ0n) is 17.5. The Morgan fingerprint density at radius 1 is 1.17 bits per heavy atom. The lowest BCUT2D eigenvalue weighted by atomic mass is 9.90. The predicted molar refractivity (Wildman–Crippen MR) is 121 cm³/mol. The summed E-state index contributed by atoms with van der Waals surface area (Å²) in [6.45, 7) is 4.36. The number of fused-ring (bicyclic) bond motifs is 3. The number of anilines is 1. The van der Waals surface area contributed by atoms with E-state index < -0.39 is 5.54 Å². The largest absolute Gasteiger partial charge is 0.351 e. The second-order valence-corrected chi connectivity index (χ2v) is 9.70. The van der Waals surface area contributed by atoms with Crippen molar-refractivity contribution in [2.75, 3.05) is 4.90 Å². The van der Waals surface area contributed by atoms with Crippen LogP contribution in [-0.4, -0.2) is 28.0 Å². The SMILES string of the molecule is Cc1ccccc1N1C(=O)c2cc3ccsc3n2CC1(C)C(=O)NC1CCCCC1. The van der Waals surface area contributed by atoms with Crippen LogP contribution < -0.4 is 10.2 Å². The van der Waals surface area contributed by atoms with Crippen LogP contribution >= 0.6 is 11.3 Å². The Balaban J connectivity index is 1.61. The molecule has 3 aromatic rings. The summed E-state index contributed by atoms with van der Waals surface area (Å²) in [6.07, 6.45) is 5.58. The topological polar surface area (TPSA) is 54.3 Å². The summed E-state index contributed by atoms with van der Waals surface area (Å²) in [5.41, 5.74) is 1.45. The van der Waals surface area contributed by atoms with Gasteiger partial charge in [0.1, 0.15) is 16.1 Å². The molecule has 1 atom stereocenters. The van der Waals surface area contributed by atoms with Crippen LogP contribution in [-0.2, 0) is 11.3 Å². The smallest absolute Gasteiger partial charge is 0.275 e. The Labute approximate surface area is 180 Å². The summed E-state index contributed by atoms with van der Waals surface area (Å²) in [5, 5.41) is 6.39. The highest BCUT2D eigenvalue weighted by Gasteiger charge is 2.49. The van der Waals surface area contributed by atoms with Gasteiger partial charge in [-0.1, -0.05) is 37.5 Å². The molecule has 6 heteroatoms. The fraction of sp³-hybridized carbons (Fsp3) is 0.417. The average molecular weight is 422 g/mol. The molecule has 2 amide bonds. The molecule has 2 aromatic heterocycles. The summed E-state index contributed by atoms with van der Waals surface area (Å²) in [4.78, 5) is 30.3. The third-order valence-electron chi connectivity index (χ3n) is 6.67. The van der Waals surface area contributed by atoms with Gasteiger partial charge in [0.25, 0.3) is 5.91 Å². The highest BCUT2D eigenvalue weighted by Crippen LogP contribution is 2.38. The van der Waals surface area contributed by atoms with Gasteiger partial charge < -0.3 is 9.88 Å². The van der Waals surface area contributed by atoms with Gasteiger partial charge in [-0.25, -0.2) is 0 Å². The molecule has 1 aliphatic carbocycles. The third-order valence-corrected chi connectivity index (χ3v) is 7.62. The van der Waals surface area contributed by atoms with E-state index in [1.165, 1.54) is 6.42 Å². The number of carbonyl (C=O) groups is 2. The summed E-state index contributed by atoms with van der Waals surface area (Å²) < 4.78 is 2.04. The van der Waals surface area contributed by atoms with Gasteiger partial charge in [0.05, 0.1) is 6.54 Å². The van der Waals surface area contributed by atoms with Crippen LogP contribution in [0.1, 0.15) is 55.1 Å². The van der Waals surface area contributed by atoms with E-state index in [1.807, 2.05) is 60.2 Å². The quantitative estimate of drug-likeness (QED) is 0.655. The van der Waals surface area contributed by atoms with Crippen LogP contribution in [0.25, 0.3) is 10.2 Å². The van der Waals surface area contributed by atoms with Crippen LogP contribution in [0.3, 0.4) is 0 Å². The zero-order chi connectivity index (χ0) is 20.9. The highest BCUT2D eigenvalue weighted by atomic mass is 32.1. The van der Waals surface area contributed by atoms with Crippen molar-refractivity contribution in [1.29, 1.82) is 0 Å². The summed E-state index contributed by atoms with van der Waals surface area (Å²) >= 11 is 1.62. The average Bonchev–Trinajstić information content (AvgIpc) is 3.33. The summed E-state index contributed by atoms with van der Waals surface area (Å²) in [6, 6.07) is 12.0. The standard InChI is InChI=1S/C24H27N3O2S/c1-16-8-6-7-11-19(16)27-21(28)20-14-17-12-13-30-22(17)26(20)15-24(27,2)23(29)25-18-9-4-3-5-10-18/h6-8,11-14,18H,3-5,9-10,15H2,1-2H3,(H,25,29). The first kappa shape index (κ1) is 19.4. The maximum Gasteiger partial charge on any atom is 0.275 e. The first-order chi connectivity index (χ1) is 14.5. The summed E-state index contributed by atoms with van der Waals surface area (Å²) in [7, 11) is 0. The molecular weight excluding hydrogens is 394 g/mol. The Morgan fingerprint density at radius 2 is 1.93 bits per heavy atom. The highest BCUT2D eigenvalue weighted by molar-refractivity contribution is 7.16. The van der Waals surface area contributed by atoms with E-state index in [9.17, 15) is 9.59 Å². The number of hydrogen-bond acceptors (Lipinski definition) is 3. The summed E-state index contributed by atoms with van der Waals surface area (Å²) in [5.74, 6) is -0.171. The van der Waals surface area contributed by atoms with Gasteiger partial charge >= 0.3 is 0 Å². The van der Waals surface area contributed by atoms with Crippen molar-refractivity contribution in [2.24, 2.45) is 0 Å². The van der Waals surface area contributed by atoms with E-state index in [-0.39, 0.29) is 17.9 Å². The van der Waals surface area contributed by atoms with Crippen LogP contribution in [0.4, 0.5) is 5.69 Å². The Kier molecular flexibility index (Phi) is 4.69. The maximum absolute atomic E-state index is 13.8. The molecule has 2 aliphatic rings. The van der Waals surface area contributed by atoms with Gasteiger partial charge in [0.15, 0.2) is 0 Å². The zero-order valence-corrected chi connectivity index (χ0v) is 18.3. The molecule has 1 fully saturated rings. The van der Waals surface area contributed by atoms with E-state index in [2.05, 4.69) is 5.32 Å². The molecular formula is C24H27N3O2S. The molecule has 0 saturated heterocycles. The number of carbonyl (C=O) groups excluding carboxylic acids is 2. The van der Waals surface area contributed by atoms with Gasteiger partial charge in [-0.2, -0.15) is 0 Å². The molecule has 1 aliphatic heterocycles. The fourth-order valence-electron chi connectivity index (χ4n) is 4.98. The van der Waals surface area contributed by atoms with Gasteiger partial charge in [-0.15, -0.1) is 11.3 Å². The van der Waals surface area contributed by atoms with Crippen LogP contribution in [0.2, 0.25) is 0 Å². The lowest BCUT2D eigenvalue weighted by Gasteiger charge is -2.45. The number of nitrogens with zero attached hydrogens (tertiary/aromatic N) is 2. The monoisotopic (exact) mass is 421 g/mol. The third kappa shape index (κ3) is 2.97. The predicted octanol–water partition coefficient (Wildman–Crippen LogP) is 4.88. The normalized spacial score (nSPS) is 22.3. The Hall–Kier alpha value is -2.60. The number of aromatic nitrogens is 1. The van der Waals surface area contributed by atoms with E-state index in [4.69, 9.17) is 0 Å². The Morgan fingerprint density at radius 3 is 2.70 bits per heavy atom. The van der Waals surface area contributed by atoms with Gasteiger partial charge in [-0.05, 0) is 55.8 Å². The van der Waals surface area contributed by atoms with Crippen molar-refractivity contribution in [1.82, 2.24) is 9.88 Å². The molecule has 1 N–H and O–H groups in total. The van der Waals surface area contributed by atoms with Crippen molar-refractivity contribution in [3.05, 3.63) is 53.0 Å². The number of rotatable bonds is 3. The number of para-hydroxylation sites is 1. The van der Waals surface area contributed by atoms with Crippen LogP contribution in [0, 0.1) is 6.92 Å². The molecule has 0 bridgehead atoms. The van der Waals surface area contributed by atoms with Gasteiger partial charge in [0.2, 0.25) is 5.91 Å². The molecule has 30 heavy (non-hydrogen) atoms. The minimum Gasteiger partial charge on any atom is -0.351 e. The fourth-order valence-corrected chi connectivity index (χ4v) is 5.87. The molecule has 1 saturated carbocycles. The van der Waals surface area contributed by atoms with Crippen molar-refractivity contribution in [2.45, 2.75) is 64.1 Å². The van der Waals surface area contributed by atoms with Crippen molar-refractivity contribution < 1.29 is 9.59 Å². The minimum atomic E-state index is -0.996. The van der Waals surface area contributed by atoms with E-state index in [0.717, 1.165) is 47.2 Å². The van der Waals surface area contributed by atoms with Crippen LogP contribution in [0.5, 0.6) is 0 Å². The molecule has 1 unspecified atom stereocenters. The number of thiophene rings is 1. The number of benzene rings is 1. The molecule has 0 radical (unpaired) electrons. The molecule has 156 valence electrons. The second-order valence-electron chi connectivity index (χ2n) is 8.81. The lowest BCUT2D eigenvalue weighted by molar-refractivity contribution is -0.127. The van der Waals surface area contributed by atoms with Crippen molar-refractivity contribution in [3.63, 3.8) is 0 Å². The molecule has 5 nitrogen and oxygen atoms in total. The number of amides is 2. The van der Waals surface area contributed by atoms with E-state index >= 15 is 0 Å².